The van der Waals surface area contributed by atoms with Crippen molar-refractivity contribution in [3.05, 3.63) is 94.5 Å². The summed E-state index contributed by atoms with van der Waals surface area (Å²) in [6.45, 7) is 3.71. The fourth-order valence-electron chi connectivity index (χ4n) is 3.91. The van der Waals surface area contributed by atoms with Crippen LogP contribution in [0, 0.1) is 13.8 Å². The SMILES string of the molecule is Cc1cc(C(=O)Nc2cc(C(=O)c3ccc4c(/C=C/c5cnc[nH]5)n[nH]c4c3)ccc2C)n(C)n1. The molecule has 174 valence electrons. The molecule has 35 heavy (non-hydrogen) atoms. The minimum absolute atomic E-state index is 0.150. The van der Waals surface area contributed by atoms with E-state index in [0.717, 1.165) is 33.5 Å². The highest BCUT2D eigenvalue weighted by Gasteiger charge is 2.16. The van der Waals surface area contributed by atoms with Gasteiger partial charge in [0.25, 0.3) is 5.91 Å². The van der Waals surface area contributed by atoms with Gasteiger partial charge in [-0.1, -0.05) is 18.2 Å². The van der Waals surface area contributed by atoms with Crippen molar-refractivity contribution >= 4 is 40.4 Å². The van der Waals surface area contributed by atoms with Crippen LogP contribution in [0.4, 0.5) is 5.69 Å². The number of fused-ring (bicyclic) bond motifs is 1. The molecule has 0 atom stereocenters. The average Bonchev–Trinajstić information content (AvgIpc) is 3.58. The molecule has 0 aliphatic rings. The quantitative estimate of drug-likeness (QED) is 0.323. The monoisotopic (exact) mass is 465 g/mol. The van der Waals surface area contributed by atoms with Crippen LogP contribution in [0.25, 0.3) is 23.1 Å². The summed E-state index contributed by atoms with van der Waals surface area (Å²) in [5.41, 5.74) is 6.02. The standard InChI is InChI=1S/C26H23N7O2/c1-15-4-5-17(11-22(15)29-26(35)24-10-16(2)32-33(24)3)25(34)18-6-8-20-21(30-31-23(20)12-18)9-7-19-13-27-14-28-19/h4-14H,1-3H3,(H,27,28)(H,29,35)(H,30,31)/b9-7+. The second-order valence-electron chi connectivity index (χ2n) is 8.32. The normalized spacial score (nSPS) is 11.4. The van der Waals surface area contributed by atoms with Crippen LogP contribution in [-0.2, 0) is 7.05 Å². The molecule has 0 saturated carbocycles. The molecule has 5 aromatic rings. The molecule has 9 nitrogen and oxygen atoms in total. The van der Waals surface area contributed by atoms with Gasteiger partial charge in [0.2, 0.25) is 0 Å². The van der Waals surface area contributed by atoms with Crippen molar-refractivity contribution in [1.29, 1.82) is 0 Å². The Kier molecular flexibility index (Phi) is 5.58. The maximum absolute atomic E-state index is 13.3. The van der Waals surface area contributed by atoms with E-state index in [2.05, 4.69) is 30.6 Å². The van der Waals surface area contributed by atoms with E-state index in [1.165, 1.54) is 4.68 Å². The van der Waals surface area contributed by atoms with E-state index in [0.29, 0.717) is 22.5 Å². The van der Waals surface area contributed by atoms with Crippen LogP contribution in [-0.4, -0.2) is 41.6 Å². The van der Waals surface area contributed by atoms with Crippen LogP contribution in [0.1, 0.15) is 49.1 Å². The second-order valence-corrected chi connectivity index (χ2v) is 8.32. The number of aryl methyl sites for hydroxylation is 3. The van der Waals surface area contributed by atoms with Crippen molar-refractivity contribution in [3.8, 4) is 0 Å². The predicted octanol–water partition coefficient (Wildman–Crippen LogP) is 4.29. The number of nitrogens with zero attached hydrogens (tertiary/aromatic N) is 4. The van der Waals surface area contributed by atoms with Crippen molar-refractivity contribution in [2.24, 2.45) is 7.05 Å². The van der Waals surface area contributed by atoms with Crippen molar-refractivity contribution in [2.75, 3.05) is 5.32 Å². The molecular weight excluding hydrogens is 442 g/mol. The first-order valence-electron chi connectivity index (χ1n) is 11.0. The van der Waals surface area contributed by atoms with Gasteiger partial charge in [0.05, 0.1) is 35.1 Å². The number of anilines is 1. The molecule has 0 saturated heterocycles. The first-order valence-corrected chi connectivity index (χ1v) is 11.0. The third-order valence-corrected chi connectivity index (χ3v) is 5.78. The van der Waals surface area contributed by atoms with Crippen molar-refractivity contribution in [2.45, 2.75) is 13.8 Å². The summed E-state index contributed by atoms with van der Waals surface area (Å²) in [7, 11) is 1.72. The number of H-pyrrole nitrogens is 2. The third kappa shape index (κ3) is 4.39. The van der Waals surface area contributed by atoms with Gasteiger partial charge in [0.15, 0.2) is 5.78 Å². The average molecular weight is 466 g/mol. The number of carbonyl (C=O) groups excluding carboxylic acids is 2. The Labute approximate surface area is 200 Å². The van der Waals surface area contributed by atoms with Gasteiger partial charge in [-0.25, -0.2) is 4.98 Å². The number of benzene rings is 2. The minimum Gasteiger partial charge on any atom is -0.345 e. The van der Waals surface area contributed by atoms with Gasteiger partial charge >= 0.3 is 0 Å². The van der Waals surface area contributed by atoms with Crippen molar-refractivity contribution in [1.82, 2.24) is 29.9 Å². The number of hydrogen-bond donors (Lipinski definition) is 3. The van der Waals surface area contributed by atoms with E-state index >= 15 is 0 Å². The van der Waals surface area contributed by atoms with Gasteiger partial charge in [-0.2, -0.15) is 10.2 Å². The largest absolute Gasteiger partial charge is 0.345 e. The first-order chi connectivity index (χ1) is 16.9. The van der Waals surface area contributed by atoms with Gasteiger partial charge in [-0.3, -0.25) is 19.4 Å². The number of nitrogens with one attached hydrogen (secondary N) is 3. The summed E-state index contributed by atoms with van der Waals surface area (Å²) in [6.07, 6.45) is 7.10. The molecule has 0 unspecified atom stereocenters. The molecule has 0 aliphatic carbocycles. The Bertz CT molecular complexity index is 1590. The summed E-state index contributed by atoms with van der Waals surface area (Å²) in [5.74, 6) is -0.432. The molecule has 2 aromatic carbocycles. The first kappa shape index (κ1) is 22.0. The lowest BCUT2D eigenvalue weighted by molar-refractivity contribution is 0.101. The number of amides is 1. The molecule has 9 heteroatoms. The Morgan fingerprint density at radius 2 is 1.83 bits per heavy atom. The Morgan fingerprint density at radius 3 is 2.57 bits per heavy atom. The maximum atomic E-state index is 13.3. The van der Waals surface area contributed by atoms with Gasteiger partial charge in [-0.05, 0) is 55.8 Å². The van der Waals surface area contributed by atoms with Gasteiger partial charge in [0, 0.05) is 29.2 Å². The number of carbonyl (C=O) groups is 2. The molecule has 3 N–H and O–H groups in total. The van der Waals surface area contributed by atoms with Crippen LogP contribution in [0.5, 0.6) is 0 Å². The molecule has 0 fully saturated rings. The predicted molar refractivity (Wildman–Crippen MR) is 134 cm³/mol. The smallest absolute Gasteiger partial charge is 0.273 e. The molecule has 0 aliphatic heterocycles. The number of ketones is 1. The molecule has 1 amide bonds. The van der Waals surface area contributed by atoms with Gasteiger partial charge in [-0.15, -0.1) is 0 Å². The number of aromatic amines is 2. The summed E-state index contributed by atoms with van der Waals surface area (Å²) >= 11 is 0. The van der Waals surface area contributed by atoms with Crippen LogP contribution in [0.3, 0.4) is 0 Å². The molecule has 0 radical (unpaired) electrons. The minimum atomic E-state index is -0.282. The van der Waals surface area contributed by atoms with E-state index in [1.54, 1.807) is 49.9 Å². The van der Waals surface area contributed by atoms with E-state index in [9.17, 15) is 9.59 Å². The number of rotatable bonds is 6. The zero-order chi connectivity index (χ0) is 24.5. The lowest BCUT2D eigenvalue weighted by atomic mass is 9.99. The Hall–Kier alpha value is -4.79. The summed E-state index contributed by atoms with van der Waals surface area (Å²) < 4.78 is 1.53. The molecule has 3 aromatic heterocycles. The number of aromatic nitrogens is 6. The highest BCUT2D eigenvalue weighted by atomic mass is 16.2. The molecule has 0 bridgehead atoms. The second kappa shape index (κ2) is 8.86. The fourth-order valence-corrected chi connectivity index (χ4v) is 3.91. The van der Waals surface area contributed by atoms with Crippen molar-refractivity contribution in [3.63, 3.8) is 0 Å². The maximum Gasteiger partial charge on any atom is 0.273 e. The van der Waals surface area contributed by atoms with Crippen LogP contribution < -0.4 is 5.32 Å². The van der Waals surface area contributed by atoms with Crippen LogP contribution in [0.2, 0.25) is 0 Å². The zero-order valence-electron chi connectivity index (χ0n) is 19.5. The molecular formula is C26H23N7O2. The summed E-state index contributed by atoms with van der Waals surface area (Å²) in [6, 6.07) is 12.5. The number of imidazole rings is 1. The van der Waals surface area contributed by atoms with Gasteiger partial charge < -0.3 is 10.3 Å². The van der Waals surface area contributed by atoms with Crippen molar-refractivity contribution < 1.29 is 9.59 Å². The van der Waals surface area contributed by atoms with Crippen LogP contribution >= 0.6 is 0 Å². The zero-order valence-corrected chi connectivity index (χ0v) is 19.5. The van der Waals surface area contributed by atoms with E-state index in [-0.39, 0.29) is 11.7 Å². The molecule has 0 spiro atoms. The molecule has 5 rings (SSSR count). The Morgan fingerprint density at radius 1 is 1.03 bits per heavy atom. The topological polar surface area (TPSA) is 121 Å². The highest BCUT2D eigenvalue weighted by molar-refractivity contribution is 6.12. The Balaban J connectivity index is 1.39. The highest BCUT2D eigenvalue weighted by Crippen LogP contribution is 2.24. The summed E-state index contributed by atoms with van der Waals surface area (Å²) in [4.78, 5) is 33.0. The van der Waals surface area contributed by atoms with E-state index < -0.39 is 0 Å². The fraction of sp³-hybridized carbons (Fsp3) is 0.115. The lowest BCUT2D eigenvalue weighted by Crippen LogP contribution is -2.17. The van der Waals surface area contributed by atoms with Gasteiger partial charge in [0.1, 0.15) is 5.69 Å². The van der Waals surface area contributed by atoms with E-state index in [4.69, 9.17) is 0 Å². The van der Waals surface area contributed by atoms with E-state index in [1.807, 2.05) is 38.1 Å². The molecule has 3 heterocycles. The summed E-state index contributed by atoms with van der Waals surface area (Å²) in [5, 5.41) is 15.4. The van der Waals surface area contributed by atoms with Crippen LogP contribution in [0.15, 0.2) is 55.0 Å². The number of hydrogen-bond acceptors (Lipinski definition) is 5. The lowest BCUT2D eigenvalue weighted by Gasteiger charge is -2.11. The third-order valence-electron chi connectivity index (χ3n) is 5.78.